The lowest BCUT2D eigenvalue weighted by Gasteiger charge is -2.12. The van der Waals surface area contributed by atoms with Gasteiger partial charge in [-0.3, -0.25) is 0 Å². The van der Waals surface area contributed by atoms with Crippen molar-refractivity contribution in [2.75, 3.05) is 20.6 Å². The van der Waals surface area contributed by atoms with Crippen LogP contribution in [0, 0.1) is 0 Å². The van der Waals surface area contributed by atoms with Crippen LogP contribution in [0.3, 0.4) is 0 Å². The summed E-state index contributed by atoms with van der Waals surface area (Å²) in [5, 5.41) is 0. The molecule has 2 aromatic rings. The quantitative estimate of drug-likeness (QED) is 0.234. The Bertz CT molecular complexity index is 674. The van der Waals surface area contributed by atoms with E-state index in [1.165, 1.54) is 101 Å². The molecule has 0 fully saturated rings. The molecule has 3 nitrogen and oxygen atoms in total. The molecule has 0 N–H and O–H groups in total. The average molecular weight is 414 g/mol. The van der Waals surface area contributed by atoms with Gasteiger partial charge in [0, 0.05) is 13.0 Å². The summed E-state index contributed by atoms with van der Waals surface area (Å²) < 4.78 is 2.47. The minimum Gasteiger partial charge on any atom is -0.328 e. The van der Waals surface area contributed by atoms with E-state index in [0.29, 0.717) is 0 Å². The second kappa shape index (κ2) is 15.5. The molecule has 0 radical (unpaired) electrons. The van der Waals surface area contributed by atoms with Crippen molar-refractivity contribution in [3.05, 3.63) is 30.1 Å². The summed E-state index contributed by atoms with van der Waals surface area (Å²) in [5.41, 5.74) is 2.47. The maximum absolute atomic E-state index is 4.95. The van der Waals surface area contributed by atoms with Gasteiger partial charge >= 0.3 is 0 Å². The van der Waals surface area contributed by atoms with E-state index in [1.807, 2.05) is 0 Å². The Labute approximate surface area is 186 Å². The van der Waals surface area contributed by atoms with Crippen molar-refractivity contribution in [2.24, 2.45) is 0 Å². The standard InChI is InChI=1S/C27H47N3/c1-4-5-6-7-8-9-10-11-12-13-14-15-16-22-27-28-25-20-17-18-21-26(25)30(27)24-19-23-29(2)3/h17-18,20-21H,4-16,19,22-24H2,1-3H3. The minimum absolute atomic E-state index is 1.08. The normalized spacial score (nSPS) is 11.7. The van der Waals surface area contributed by atoms with E-state index in [0.717, 1.165) is 25.0 Å². The van der Waals surface area contributed by atoms with Crippen molar-refractivity contribution in [3.63, 3.8) is 0 Å². The number of benzene rings is 1. The van der Waals surface area contributed by atoms with E-state index in [1.54, 1.807) is 0 Å². The van der Waals surface area contributed by atoms with Crippen LogP contribution in [0.25, 0.3) is 11.0 Å². The highest BCUT2D eigenvalue weighted by atomic mass is 15.1. The Hall–Kier alpha value is -1.35. The van der Waals surface area contributed by atoms with Crippen molar-refractivity contribution in [2.45, 2.75) is 110 Å². The molecule has 1 aromatic carbocycles. The van der Waals surface area contributed by atoms with Crippen LogP contribution in [0.1, 0.15) is 103 Å². The molecule has 0 aliphatic rings. The van der Waals surface area contributed by atoms with E-state index >= 15 is 0 Å². The molecule has 0 saturated heterocycles. The van der Waals surface area contributed by atoms with Crippen LogP contribution in [-0.4, -0.2) is 35.1 Å². The second-order valence-electron chi connectivity index (χ2n) is 9.32. The molecule has 3 heteroatoms. The van der Waals surface area contributed by atoms with Gasteiger partial charge in [0.25, 0.3) is 0 Å². The summed E-state index contributed by atoms with van der Waals surface area (Å²) in [6.07, 6.45) is 20.6. The zero-order chi connectivity index (χ0) is 21.4. The summed E-state index contributed by atoms with van der Waals surface area (Å²) in [7, 11) is 4.31. The number of aryl methyl sites for hydroxylation is 2. The Kier molecular flexibility index (Phi) is 12.8. The molecule has 2 rings (SSSR count). The van der Waals surface area contributed by atoms with Gasteiger partial charge in [-0.15, -0.1) is 0 Å². The van der Waals surface area contributed by atoms with E-state index in [-0.39, 0.29) is 0 Å². The number of rotatable bonds is 18. The SMILES string of the molecule is CCCCCCCCCCCCCCCc1nc2ccccc2n1CCCN(C)C. The first-order valence-electron chi connectivity index (χ1n) is 12.8. The van der Waals surface area contributed by atoms with Crippen LogP contribution in [-0.2, 0) is 13.0 Å². The number of hydrogen-bond acceptors (Lipinski definition) is 2. The van der Waals surface area contributed by atoms with Crippen LogP contribution >= 0.6 is 0 Å². The number of unbranched alkanes of at least 4 members (excludes halogenated alkanes) is 12. The fourth-order valence-corrected chi connectivity index (χ4v) is 4.41. The number of aromatic nitrogens is 2. The fraction of sp³-hybridized carbons (Fsp3) is 0.741. The van der Waals surface area contributed by atoms with Crippen LogP contribution in [0.2, 0.25) is 0 Å². The van der Waals surface area contributed by atoms with Crippen LogP contribution < -0.4 is 0 Å². The molecule has 30 heavy (non-hydrogen) atoms. The molecular weight excluding hydrogens is 366 g/mol. The first-order chi connectivity index (χ1) is 14.7. The molecule has 0 spiro atoms. The highest BCUT2D eigenvalue weighted by Crippen LogP contribution is 2.19. The van der Waals surface area contributed by atoms with E-state index in [2.05, 4.69) is 54.8 Å². The zero-order valence-corrected chi connectivity index (χ0v) is 20.2. The minimum atomic E-state index is 1.08. The second-order valence-corrected chi connectivity index (χ2v) is 9.32. The third kappa shape index (κ3) is 9.64. The number of imidazole rings is 1. The largest absolute Gasteiger partial charge is 0.328 e. The van der Waals surface area contributed by atoms with Crippen LogP contribution in [0.4, 0.5) is 0 Å². The molecule has 0 atom stereocenters. The van der Waals surface area contributed by atoms with Gasteiger partial charge < -0.3 is 9.47 Å². The van der Waals surface area contributed by atoms with Crippen molar-refractivity contribution >= 4 is 11.0 Å². The van der Waals surface area contributed by atoms with Gasteiger partial charge in [-0.05, 0) is 45.6 Å². The van der Waals surface area contributed by atoms with Crippen molar-refractivity contribution in [1.29, 1.82) is 0 Å². The molecule has 170 valence electrons. The number of nitrogens with zero attached hydrogens (tertiary/aromatic N) is 3. The molecule has 0 saturated carbocycles. The number of hydrogen-bond donors (Lipinski definition) is 0. The van der Waals surface area contributed by atoms with E-state index in [4.69, 9.17) is 4.98 Å². The van der Waals surface area contributed by atoms with Gasteiger partial charge in [0.05, 0.1) is 11.0 Å². The van der Waals surface area contributed by atoms with E-state index < -0.39 is 0 Å². The van der Waals surface area contributed by atoms with Gasteiger partial charge in [0.1, 0.15) is 5.82 Å². The molecule has 0 bridgehead atoms. The zero-order valence-electron chi connectivity index (χ0n) is 20.2. The molecule has 0 aliphatic heterocycles. The van der Waals surface area contributed by atoms with Crippen molar-refractivity contribution in [3.8, 4) is 0 Å². The van der Waals surface area contributed by atoms with Gasteiger partial charge in [-0.2, -0.15) is 0 Å². The summed E-state index contributed by atoms with van der Waals surface area (Å²) >= 11 is 0. The number of para-hydroxylation sites is 2. The predicted molar refractivity (Wildman–Crippen MR) is 132 cm³/mol. The summed E-state index contributed by atoms with van der Waals surface area (Å²) in [5.74, 6) is 1.29. The third-order valence-corrected chi connectivity index (χ3v) is 6.22. The van der Waals surface area contributed by atoms with Crippen molar-refractivity contribution in [1.82, 2.24) is 14.5 Å². The maximum atomic E-state index is 4.95. The Morgan fingerprint density at radius 1 is 0.733 bits per heavy atom. The lowest BCUT2D eigenvalue weighted by Crippen LogP contribution is -2.16. The average Bonchev–Trinajstić information content (AvgIpc) is 3.09. The predicted octanol–water partition coefficient (Wildman–Crippen LogP) is 7.62. The smallest absolute Gasteiger partial charge is 0.109 e. The highest BCUT2D eigenvalue weighted by Gasteiger charge is 2.10. The third-order valence-electron chi connectivity index (χ3n) is 6.22. The van der Waals surface area contributed by atoms with Gasteiger partial charge in [-0.25, -0.2) is 4.98 Å². The molecule has 0 amide bonds. The molecule has 0 aliphatic carbocycles. The maximum Gasteiger partial charge on any atom is 0.109 e. The topological polar surface area (TPSA) is 21.1 Å². The van der Waals surface area contributed by atoms with Crippen LogP contribution in [0.5, 0.6) is 0 Å². The Morgan fingerprint density at radius 2 is 1.30 bits per heavy atom. The summed E-state index contributed by atoms with van der Waals surface area (Å²) in [6, 6.07) is 8.63. The highest BCUT2D eigenvalue weighted by molar-refractivity contribution is 5.75. The molecule has 1 heterocycles. The molecular formula is C27H47N3. The fourth-order valence-electron chi connectivity index (χ4n) is 4.41. The van der Waals surface area contributed by atoms with Crippen LogP contribution in [0.15, 0.2) is 24.3 Å². The van der Waals surface area contributed by atoms with Crippen molar-refractivity contribution < 1.29 is 0 Å². The number of fused-ring (bicyclic) bond motifs is 1. The summed E-state index contributed by atoms with van der Waals surface area (Å²) in [6.45, 7) is 4.50. The first-order valence-corrected chi connectivity index (χ1v) is 12.8. The first kappa shape index (κ1) is 24.9. The molecule has 0 unspecified atom stereocenters. The lowest BCUT2D eigenvalue weighted by atomic mass is 10.0. The van der Waals surface area contributed by atoms with Gasteiger partial charge in [0.15, 0.2) is 0 Å². The van der Waals surface area contributed by atoms with Gasteiger partial charge in [0.2, 0.25) is 0 Å². The Morgan fingerprint density at radius 3 is 1.90 bits per heavy atom. The lowest BCUT2D eigenvalue weighted by molar-refractivity contribution is 0.386. The summed E-state index contributed by atoms with van der Waals surface area (Å²) in [4.78, 5) is 7.22. The monoisotopic (exact) mass is 413 g/mol. The van der Waals surface area contributed by atoms with E-state index in [9.17, 15) is 0 Å². The van der Waals surface area contributed by atoms with Gasteiger partial charge in [-0.1, -0.05) is 96.1 Å². The molecule has 1 aromatic heterocycles. The Balaban J connectivity index is 1.60.